The first kappa shape index (κ1) is 15.5. The standard InChI is InChI=1S/C14H19BN2O4/c1-10(16-13(18)11-6-3-2-4-7-11)14(19)17-9-5-8-12(17)15(20)21/h2-4,6-7,10,12,20-21H,5,8-9H2,1H3,(H,16,18)/t10-,12?/m1/s1. The third-order valence-electron chi connectivity index (χ3n) is 3.68. The zero-order chi connectivity index (χ0) is 15.4. The van der Waals surface area contributed by atoms with Crippen molar-refractivity contribution in [1.29, 1.82) is 0 Å². The van der Waals surface area contributed by atoms with E-state index >= 15 is 0 Å². The summed E-state index contributed by atoms with van der Waals surface area (Å²) >= 11 is 0. The molecule has 0 spiro atoms. The number of benzene rings is 1. The monoisotopic (exact) mass is 290 g/mol. The molecule has 0 radical (unpaired) electrons. The fourth-order valence-electron chi connectivity index (χ4n) is 2.56. The van der Waals surface area contributed by atoms with Crippen LogP contribution in [0.3, 0.4) is 0 Å². The van der Waals surface area contributed by atoms with Gasteiger partial charge in [-0.2, -0.15) is 0 Å². The van der Waals surface area contributed by atoms with Crippen LogP contribution in [-0.2, 0) is 4.79 Å². The van der Waals surface area contributed by atoms with Crippen LogP contribution in [0.15, 0.2) is 30.3 Å². The number of hydrogen-bond donors (Lipinski definition) is 3. The summed E-state index contributed by atoms with van der Waals surface area (Å²) in [6, 6.07) is 7.94. The summed E-state index contributed by atoms with van der Waals surface area (Å²) in [6.45, 7) is 2.08. The van der Waals surface area contributed by atoms with Crippen LogP contribution in [0.2, 0.25) is 0 Å². The van der Waals surface area contributed by atoms with Gasteiger partial charge in [0.1, 0.15) is 6.04 Å². The molecule has 1 saturated heterocycles. The zero-order valence-electron chi connectivity index (χ0n) is 11.9. The molecule has 6 nitrogen and oxygen atoms in total. The molecule has 1 heterocycles. The van der Waals surface area contributed by atoms with Gasteiger partial charge in [0.25, 0.3) is 5.91 Å². The van der Waals surface area contributed by atoms with Crippen molar-refractivity contribution in [1.82, 2.24) is 10.2 Å². The van der Waals surface area contributed by atoms with Crippen molar-refractivity contribution in [3.05, 3.63) is 35.9 Å². The van der Waals surface area contributed by atoms with Crippen molar-refractivity contribution in [2.75, 3.05) is 6.54 Å². The molecule has 112 valence electrons. The molecule has 0 saturated carbocycles. The Morgan fingerprint density at radius 3 is 2.62 bits per heavy atom. The molecule has 2 atom stereocenters. The second kappa shape index (κ2) is 6.73. The fraction of sp³-hybridized carbons (Fsp3) is 0.429. The summed E-state index contributed by atoms with van der Waals surface area (Å²) in [6.07, 6.45) is 1.29. The quantitative estimate of drug-likeness (QED) is 0.670. The average Bonchev–Trinajstić information content (AvgIpc) is 2.96. The number of amides is 2. The van der Waals surface area contributed by atoms with Crippen molar-refractivity contribution >= 4 is 18.9 Å². The minimum Gasteiger partial charge on any atom is -0.426 e. The van der Waals surface area contributed by atoms with Gasteiger partial charge in [0.15, 0.2) is 0 Å². The van der Waals surface area contributed by atoms with E-state index in [-0.39, 0.29) is 11.8 Å². The van der Waals surface area contributed by atoms with Crippen molar-refractivity contribution in [2.45, 2.75) is 31.7 Å². The third-order valence-corrected chi connectivity index (χ3v) is 3.68. The predicted molar refractivity (Wildman–Crippen MR) is 78.3 cm³/mol. The molecule has 0 bridgehead atoms. The van der Waals surface area contributed by atoms with Gasteiger partial charge in [-0.15, -0.1) is 0 Å². The summed E-state index contributed by atoms with van der Waals surface area (Å²) in [4.78, 5) is 25.8. The molecule has 0 aliphatic carbocycles. The number of carbonyl (C=O) groups is 2. The van der Waals surface area contributed by atoms with Gasteiger partial charge in [-0.25, -0.2) is 0 Å². The van der Waals surface area contributed by atoms with E-state index in [0.29, 0.717) is 18.5 Å². The highest BCUT2D eigenvalue weighted by atomic mass is 16.4. The second-order valence-corrected chi connectivity index (χ2v) is 5.22. The molecule has 3 N–H and O–H groups in total. The van der Waals surface area contributed by atoms with Crippen LogP contribution in [0.5, 0.6) is 0 Å². The van der Waals surface area contributed by atoms with Gasteiger partial charge < -0.3 is 20.3 Å². The maximum absolute atomic E-state index is 12.3. The Labute approximate surface area is 123 Å². The summed E-state index contributed by atoms with van der Waals surface area (Å²) in [7, 11) is -1.55. The lowest BCUT2D eigenvalue weighted by Crippen LogP contribution is -2.52. The van der Waals surface area contributed by atoms with Gasteiger partial charge in [0, 0.05) is 12.1 Å². The van der Waals surface area contributed by atoms with Gasteiger partial charge in [-0.1, -0.05) is 18.2 Å². The van der Waals surface area contributed by atoms with E-state index in [0.717, 1.165) is 6.42 Å². The van der Waals surface area contributed by atoms with Crippen LogP contribution >= 0.6 is 0 Å². The molecular weight excluding hydrogens is 271 g/mol. The molecule has 2 rings (SSSR count). The first-order chi connectivity index (χ1) is 10.0. The number of nitrogens with zero attached hydrogens (tertiary/aromatic N) is 1. The Morgan fingerprint density at radius 1 is 1.33 bits per heavy atom. The summed E-state index contributed by atoms with van der Waals surface area (Å²) in [5.41, 5.74) is 0.484. The zero-order valence-corrected chi connectivity index (χ0v) is 11.9. The minimum absolute atomic E-state index is 0.296. The van der Waals surface area contributed by atoms with Crippen LogP contribution in [-0.4, -0.2) is 52.4 Å². The number of hydrogen-bond acceptors (Lipinski definition) is 4. The van der Waals surface area contributed by atoms with Crippen LogP contribution in [0.1, 0.15) is 30.1 Å². The van der Waals surface area contributed by atoms with E-state index in [1.165, 1.54) is 4.90 Å². The van der Waals surface area contributed by atoms with Gasteiger partial charge in [0.2, 0.25) is 5.91 Å². The Balaban J connectivity index is 1.98. The topological polar surface area (TPSA) is 89.9 Å². The van der Waals surface area contributed by atoms with Crippen LogP contribution in [0, 0.1) is 0 Å². The molecule has 7 heteroatoms. The van der Waals surface area contributed by atoms with Crippen molar-refractivity contribution in [3.8, 4) is 0 Å². The average molecular weight is 290 g/mol. The molecule has 1 unspecified atom stereocenters. The van der Waals surface area contributed by atoms with Crippen molar-refractivity contribution < 1.29 is 19.6 Å². The number of nitrogens with one attached hydrogen (secondary N) is 1. The Bertz CT molecular complexity index is 509. The Hall–Kier alpha value is -1.86. The highest BCUT2D eigenvalue weighted by molar-refractivity contribution is 6.43. The van der Waals surface area contributed by atoms with Crippen molar-refractivity contribution in [3.63, 3.8) is 0 Å². The molecule has 1 aromatic rings. The van der Waals surface area contributed by atoms with Crippen LogP contribution < -0.4 is 5.32 Å². The maximum Gasteiger partial charge on any atom is 0.475 e. The lowest BCUT2D eigenvalue weighted by atomic mass is 9.78. The molecule has 2 amide bonds. The van der Waals surface area contributed by atoms with Crippen LogP contribution in [0.25, 0.3) is 0 Å². The molecule has 1 fully saturated rings. The van der Waals surface area contributed by atoms with Gasteiger partial charge in [-0.3, -0.25) is 9.59 Å². The first-order valence-electron chi connectivity index (χ1n) is 7.03. The fourth-order valence-corrected chi connectivity index (χ4v) is 2.56. The Morgan fingerprint density at radius 2 is 2.00 bits per heavy atom. The first-order valence-corrected chi connectivity index (χ1v) is 7.03. The van der Waals surface area contributed by atoms with Crippen molar-refractivity contribution in [2.24, 2.45) is 0 Å². The van der Waals surface area contributed by atoms with E-state index in [9.17, 15) is 19.6 Å². The molecule has 1 aliphatic heterocycles. The number of rotatable bonds is 4. The number of carbonyl (C=O) groups excluding carboxylic acids is 2. The van der Waals surface area contributed by atoms with Crippen LogP contribution in [0.4, 0.5) is 0 Å². The predicted octanol–water partition coefficient (Wildman–Crippen LogP) is -0.192. The largest absolute Gasteiger partial charge is 0.475 e. The molecule has 1 aromatic carbocycles. The Kier molecular flexibility index (Phi) is 4.98. The van der Waals surface area contributed by atoms with E-state index < -0.39 is 19.1 Å². The third kappa shape index (κ3) is 3.62. The SMILES string of the molecule is C[C@@H](NC(=O)c1ccccc1)C(=O)N1CCCC1B(O)O. The maximum atomic E-state index is 12.3. The van der Waals surface area contributed by atoms with E-state index in [2.05, 4.69) is 5.32 Å². The van der Waals surface area contributed by atoms with E-state index in [4.69, 9.17) is 0 Å². The molecule has 21 heavy (non-hydrogen) atoms. The molecular formula is C14H19BN2O4. The normalized spacial score (nSPS) is 19.2. The van der Waals surface area contributed by atoms with Gasteiger partial charge in [0.05, 0.1) is 5.94 Å². The minimum atomic E-state index is -1.55. The second-order valence-electron chi connectivity index (χ2n) is 5.22. The number of likely N-dealkylation sites (tertiary alicyclic amines) is 1. The smallest absolute Gasteiger partial charge is 0.426 e. The summed E-state index contributed by atoms with van der Waals surface area (Å²) < 4.78 is 0. The highest BCUT2D eigenvalue weighted by Crippen LogP contribution is 2.19. The van der Waals surface area contributed by atoms with E-state index in [1.54, 1.807) is 31.2 Å². The van der Waals surface area contributed by atoms with E-state index in [1.807, 2.05) is 6.07 Å². The van der Waals surface area contributed by atoms with Gasteiger partial charge in [-0.05, 0) is 31.9 Å². The lowest BCUT2D eigenvalue weighted by Gasteiger charge is -2.27. The highest BCUT2D eigenvalue weighted by Gasteiger charge is 2.38. The summed E-state index contributed by atoms with van der Waals surface area (Å²) in [5.74, 6) is -1.21. The van der Waals surface area contributed by atoms with Gasteiger partial charge >= 0.3 is 7.12 Å². The lowest BCUT2D eigenvalue weighted by molar-refractivity contribution is -0.132. The summed E-state index contributed by atoms with van der Waals surface area (Å²) in [5, 5.41) is 21.2. The molecule has 0 aromatic heterocycles. The molecule has 1 aliphatic rings.